The van der Waals surface area contributed by atoms with Crippen LogP contribution in [0.15, 0.2) is 0 Å². The highest BCUT2D eigenvalue weighted by Gasteiger charge is 2.27. The number of hydrogen-bond donors (Lipinski definition) is 1. The zero-order valence-electron chi connectivity index (χ0n) is 7.62. The van der Waals surface area contributed by atoms with E-state index in [0.717, 1.165) is 19.5 Å². The summed E-state index contributed by atoms with van der Waals surface area (Å²) < 4.78 is 4.64. The molecule has 0 bridgehead atoms. The molecular formula is C8H16N2O2. The summed E-state index contributed by atoms with van der Waals surface area (Å²) >= 11 is 0. The second-order valence-electron chi connectivity index (χ2n) is 3.24. The van der Waals surface area contributed by atoms with Gasteiger partial charge in [-0.3, -0.25) is 9.69 Å². The number of nitrogens with two attached hydrogens (primary N) is 1. The number of ether oxygens (including phenoxy) is 1. The Morgan fingerprint density at radius 2 is 2.42 bits per heavy atom. The van der Waals surface area contributed by atoms with Crippen LogP contribution in [0.1, 0.15) is 13.3 Å². The number of carbonyl (C=O) groups is 1. The summed E-state index contributed by atoms with van der Waals surface area (Å²) in [7, 11) is 1.41. The summed E-state index contributed by atoms with van der Waals surface area (Å²) in [5.74, 6) is -0.177. The first kappa shape index (κ1) is 9.48. The third kappa shape index (κ3) is 1.95. The van der Waals surface area contributed by atoms with Crippen LogP contribution in [-0.2, 0) is 9.53 Å². The van der Waals surface area contributed by atoms with Crippen LogP contribution < -0.4 is 5.73 Å². The van der Waals surface area contributed by atoms with Crippen LogP contribution in [0.5, 0.6) is 0 Å². The predicted molar refractivity (Wildman–Crippen MR) is 45.6 cm³/mol. The van der Waals surface area contributed by atoms with Gasteiger partial charge in [0.1, 0.15) is 6.04 Å². The molecule has 2 atom stereocenters. The van der Waals surface area contributed by atoms with Gasteiger partial charge in [-0.2, -0.15) is 0 Å². The Morgan fingerprint density at radius 1 is 1.75 bits per heavy atom. The molecule has 2 N–H and O–H groups in total. The molecule has 0 radical (unpaired) electrons. The Morgan fingerprint density at radius 3 is 2.83 bits per heavy atom. The predicted octanol–water partition coefficient (Wildman–Crippen LogP) is -0.419. The zero-order chi connectivity index (χ0) is 9.14. The van der Waals surface area contributed by atoms with Crippen molar-refractivity contribution in [2.24, 2.45) is 5.73 Å². The molecule has 70 valence electrons. The van der Waals surface area contributed by atoms with E-state index in [-0.39, 0.29) is 18.1 Å². The minimum absolute atomic E-state index is 0.149. The molecule has 0 aromatic heterocycles. The number of methoxy groups -OCH3 is 1. The number of carbonyl (C=O) groups excluding carboxylic acids is 1. The lowest BCUT2D eigenvalue weighted by molar-refractivity contribution is -0.145. The fourth-order valence-electron chi connectivity index (χ4n) is 1.49. The van der Waals surface area contributed by atoms with E-state index >= 15 is 0 Å². The minimum atomic E-state index is -0.177. The Labute approximate surface area is 72.7 Å². The minimum Gasteiger partial charge on any atom is -0.468 e. The Balaban J connectivity index is 2.42. The van der Waals surface area contributed by atoms with Crippen molar-refractivity contribution >= 4 is 5.97 Å². The van der Waals surface area contributed by atoms with E-state index in [0.29, 0.717) is 0 Å². The zero-order valence-corrected chi connectivity index (χ0v) is 7.62. The Bertz CT molecular complexity index is 172. The third-order valence-electron chi connectivity index (χ3n) is 2.35. The molecule has 1 rings (SSSR count). The summed E-state index contributed by atoms with van der Waals surface area (Å²) in [6, 6.07) is 0.0701. The van der Waals surface area contributed by atoms with Gasteiger partial charge in [-0.15, -0.1) is 0 Å². The number of nitrogens with zero attached hydrogens (tertiary/aromatic N) is 1. The number of esters is 1. The monoisotopic (exact) mass is 172 g/mol. The summed E-state index contributed by atoms with van der Waals surface area (Å²) in [6.45, 7) is 3.55. The summed E-state index contributed by atoms with van der Waals surface area (Å²) in [5.41, 5.74) is 5.71. The molecule has 0 spiro atoms. The molecule has 12 heavy (non-hydrogen) atoms. The van der Waals surface area contributed by atoms with Gasteiger partial charge < -0.3 is 10.5 Å². The first-order valence-corrected chi connectivity index (χ1v) is 4.22. The van der Waals surface area contributed by atoms with Crippen LogP contribution in [-0.4, -0.2) is 43.2 Å². The standard InChI is InChI=1S/C8H16N2O2/c1-6(8(11)12-2)10-4-3-7(9)5-10/h6-7H,3-5,9H2,1-2H3. The van der Waals surface area contributed by atoms with Crippen LogP contribution in [0.25, 0.3) is 0 Å². The number of rotatable bonds is 2. The van der Waals surface area contributed by atoms with Crippen molar-refractivity contribution in [2.45, 2.75) is 25.4 Å². The van der Waals surface area contributed by atoms with E-state index in [1.807, 2.05) is 6.92 Å². The molecule has 0 aromatic carbocycles. The van der Waals surface area contributed by atoms with E-state index in [1.165, 1.54) is 7.11 Å². The van der Waals surface area contributed by atoms with Gasteiger partial charge in [-0.05, 0) is 13.3 Å². The van der Waals surface area contributed by atoms with Crippen molar-refractivity contribution in [3.63, 3.8) is 0 Å². The van der Waals surface area contributed by atoms with Crippen LogP contribution >= 0.6 is 0 Å². The molecule has 1 aliphatic heterocycles. The smallest absolute Gasteiger partial charge is 0.322 e. The average Bonchev–Trinajstić information content (AvgIpc) is 2.49. The molecular weight excluding hydrogens is 156 g/mol. The van der Waals surface area contributed by atoms with E-state index in [1.54, 1.807) is 0 Å². The van der Waals surface area contributed by atoms with Gasteiger partial charge in [-0.25, -0.2) is 0 Å². The van der Waals surface area contributed by atoms with Gasteiger partial charge >= 0.3 is 5.97 Å². The van der Waals surface area contributed by atoms with E-state index in [2.05, 4.69) is 9.64 Å². The molecule has 1 fully saturated rings. The largest absolute Gasteiger partial charge is 0.468 e. The number of likely N-dealkylation sites (tertiary alicyclic amines) is 1. The van der Waals surface area contributed by atoms with Gasteiger partial charge in [0.15, 0.2) is 0 Å². The topological polar surface area (TPSA) is 55.6 Å². The molecule has 4 nitrogen and oxygen atoms in total. The molecule has 1 aliphatic rings. The average molecular weight is 172 g/mol. The van der Waals surface area contributed by atoms with Crippen LogP contribution in [0, 0.1) is 0 Å². The molecule has 2 unspecified atom stereocenters. The van der Waals surface area contributed by atoms with Crippen LogP contribution in [0.3, 0.4) is 0 Å². The lowest BCUT2D eigenvalue weighted by Gasteiger charge is -2.21. The Hall–Kier alpha value is -0.610. The fraction of sp³-hybridized carbons (Fsp3) is 0.875. The highest BCUT2D eigenvalue weighted by molar-refractivity contribution is 5.75. The normalized spacial score (nSPS) is 27.1. The number of hydrogen-bond acceptors (Lipinski definition) is 4. The fourth-order valence-corrected chi connectivity index (χ4v) is 1.49. The van der Waals surface area contributed by atoms with Gasteiger partial charge in [0.05, 0.1) is 7.11 Å². The van der Waals surface area contributed by atoms with Gasteiger partial charge in [-0.1, -0.05) is 0 Å². The van der Waals surface area contributed by atoms with Crippen molar-refractivity contribution in [2.75, 3.05) is 20.2 Å². The lowest BCUT2D eigenvalue weighted by Crippen LogP contribution is -2.39. The maximum absolute atomic E-state index is 11.1. The summed E-state index contributed by atoms with van der Waals surface area (Å²) in [6.07, 6.45) is 0.974. The molecule has 4 heteroatoms. The molecule has 1 heterocycles. The molecule has 0 amide bonds. The molecule has 0 saturated carbocycles. The summed E-state index contributed by atoms with van der Waals surface area (Å²) in [4.78, 5) is 13.2. The first-order chi connectivity index (χ1) is 5.65. The highest BCUT2D eigenvalue weighted by atomic mass is 16.5. The van der Waals surface area contributed by atoms with Crippen molar-refractivity contribution in [1.82, 2.24) is 4.90 Å². The van der Waals surface area contributed by atoms with Gasteiger partial charge in [0.2, 0.25) is 0 Å². The van der Waals surface area contributed by atoms with E-state index in [9.17, 15) is 4.79 Å². The second-order valence-corrected chi connectivity index (χ2v) is 3.24. The lowest BCUT2D eigenvalue weighted by atomic mass is 10.3. The van der Waals surface area contributed by atoms with Crippen molar-refractivity contribution in [1.29, 1.82) is 0 Å². The summed E-state index contributed by atoms with van der Waals surface area (Å²) in [5, 5.41) is 0. The van der Waals surface area contributed by atoms with Gasteiger partial charge in [0.25, 0.3) is 0 Å². The SMILES string of the molecule is COC(=O)C(C)N1CCC(N)C1. The van der Waals surface area contributed by atoms with Crippen LogP contribution in [0.2, 0.25) is 0 Å². The van der Waals surface area contributed by atoms with E-state index in [4.69, 9.17) is 5.73 Å². The maximum Gasteiger partial charge on any atom is 0.322 e. The van der Waals surface area contributed by atoms with Crippen molar-refractivity contribution in [3.8, 4) is 0 Å². The maximum atomic E-state index is 11.1. The van der Waals surface area contributed by atoms with Crippen LogP contribution in [0.4, 0.5) is 0 Å². The third-order valence-corrected chi connectivity index (χ3v) is 2.35. The molecule has 0 aromatic rings. The van der Waals surface area contributed by atoms with Gasteiger partial charge in [0, 0.05) is 19.1 Å². The highest BCUT2D eigenvalue weighted by Crippen LogP contribution is 2.11. The molecule has 0 aliphatic carbocycles. The Kier molecular flexibility index (Phi) is 3.05. The quantitative estimate of drug-likeness (QED) is 0.575. The molecule has 1 saturated heterocycles. The van der Waals surface area contributed by atoms with Crippen molar-refractivity contribution < 1.29 is 9.53 Å². The second kappa shape index (κ2) is 3.87. The van der Waals surface area contributed by atoms with Crippen molar-refractivity contribution in [3.05, 3.63) is 0 Å². The van der Waals surface area contributed by atoms with E-state index < -0.39 is 0 Å². The first-order valence-electron chi connectivity index (χ1n) is 4.22.